The molecule has 3 rings (SSSR count). The molecule has 1 aliphatic heterocycles. The number of benzene rings is 1. The Morgan fingerprint density at radius 3 is 2.63 bits per heavy atom. The SMILES string of the molecule is Cc1c(C)c2cc3c(cc2[nH]c1=O)NC(C)(C)CC3. The number of aryl methyl sites for hydroxylation is 2. The monoisotopic (exact) mass is 256 g/mol. The predicted molar refractivity (Wildman–Crippen MR) is 80.1 cm³/mol. The Bertz CT molecular complexity index is 726. The van der Waals surface area contributed by atoms with E-state index < -0.39 is 0 Å². The molecule has 1 aliphatic rings. The summed E-state index contributed by atoms with van der Waals surface area (Å²) in [4.78, 5) is 14.9. The van der Waals surface area contributed by atoms with E-state index in [1.165, 1.54) is 5.56 Å². The van der Waals surface area contributed by atoms with Crippen LogP contribution in [0.5, 0.6) is 0 Å². The molecule has 0 unspecified atom stereocenters. The quantitative estimate of drug-likeness (QED) is 0.759. The Hall–Kier alpha value is -1.77. The summed E-state index contributed by atoms with van der Waals surface area (Å²) in [6.07, 6.45) is 2.22. The Labute approximate surface area is 113 Å². The van der Waals surface area contributed by atoms with Crippen LogP contribution in [0, 0.1) is 13.8 Å². The first kappa shape index (κ1) is 12.3. The third-order valence-electron chi connectivity index (χ3n) is 4.29. The van der Waals surface area contributed by atoms with E-state index in [-0.39, 0.29) is 11.1 Å². The summed E-state index contributed by atoms with van der Waals surface area (Å²) in [6, 6.07) is 4.31. The van der Waals surface area contributed by atoms with Crippen LogP contribution in [0.2, 0.25) is 0 Å². The molecule has 0 amide bonds. The fourth-order valence-corrected chi connectivity index (χ4v) is 2.84. The molecule has 0 atom stereocenters. The molecular weight excluding hydrogens is 236 g/mol. The highest BCUT2D eigenvalue weighted by Crippen LogP contribution is 2.33. The van der Waals surface area contributed by atoms with Crippen molar-refractivity contribution < 1.29 is 0 Å². The molecule has 2 heterocycles. The van der Waals surface area contributed by atoms with Crippen molar-refractivity contribution in [3.63, 3.8) is 0 Å². The summed E-state index contributed by atoms with van der Waals surface area (Å²) in [5.74, 6) is 0. The van der Waals surface area contributed by atoms with Crippen molar-refractivity contribution in [2.45, 2.75) is 46.1 Å². The molecule has 2 aromatic rings. The smallest absolute Gasteiger partial charge is 0.251 e. The Morgan fingerprint density at radius 2 is 1.89 bits per heavy atom. The maximum Gasteiger partial charge on any atom is 0.251 e. The topological polar surface area (TPSA) is 44.9 Å². The molecule has 0 spiro atoms. The zero-order chi connectivity index (χ0) is 13.8. The number of anilines is 1. The molecule has 1 aromatic heterocycles. The average Bonchev–Trinajstić information content (AvgIpc) is 2.33. The van der Waals surface area contributed by atoms with Crippen molar-refractivity contribution in [3.8, 4) is 0 Å². The minimum absolute atomic E-state index is 0.0139. The van der Waals surface area contributed by atoms with Crippen LogP contribution in [0.3, 0.4) is 0 Å². The number of hydrogen-bond donors (Lipinski definition) is 2. The van der Waals surface area contributed by atoms with Crippen LogP contribution in [-0.4, -0.2) is 10.5 Å². The average molecular weight is 256 g/mol. The number of nitrogens with one attached hydrogen (secondary N) is 2. The number of pyridine rings is 1. The third kappa shape index (κ3) is 1.93. The van der Waals surface area contributed by atoms with Gasteiger partial charge in [-0.15, -0.1) is 0 Å². The van der Waals surface area contributed by atoms with E-state index in [9.17, 15) is 4.79 Å². The van der Waals surface area contributed by atoms with E-state index in [2.05, 4.69) is 36.3 Å². The molecule has 0 saturated heterocycles. The first-order valence-electron chi connectivity index (χ1n) is 6.82. The fourth-order valence-electron chi connectivity index (χ4n) is 2.84. The number of aromatic amines is 1. The molecule has 0 bridgehead atoms. The number of aromatic nitrogens is 1. The van der Waals surface area contributed by atoms with Gasteiger partial charge >= 0.3 is 0 Å². The first-order chi connectivity index (χ1) is 8.87. The van der Waals surface area contributed by atoms with Crippen molar-refractivity contribution in [1.82, 2.24) is 4.98 Å². The zero-order valence-corrected chi connectivity index (χ0v) is 12.0. The van der Waals surface area contributed by atoms with Crippen molar-refractivity contribution >= 4 is 16.6 Å². The van der Waals surface area contributed by atoms with Gasteiger partial charge in [-0.25, -0.2) is 0 Å². The number of fused-ring (bicyclic) bond motifs is 2. The van der Waals surface area contributed by atoms with Crippen molar-refractivity contribution in [2.24, 2.45) is 0 Å². The van der Waals surface area contributed by atoms with Crippen molar-refractivity contribution in [2.75, 3.05) is 5.32 Å². The van der Waals surface area contributed by atoms with E-state index in [1.807, 2.05) is 13.8 Å². The van der Waals surface area contributed by atoms with Gasteiger partial charge in [-0.05, 0) is 63.8 Å². The molecule has 2 N–H and O–H groups in total. The van der Waals surface area contributed by atoms with Gasteiger partial charge < -0.3 is 10.3 Å². The second-order valence-corrected chi connectivity index (χ2v) is 6.27. The summed E-state index contributed by atoms with van der Waals surface area (Å²) >= 11 is 0. The summed E-state index contributed by atoms with van der Waals surface area (Å²) in [6.45, 7) is 8.33. The lowest BCUT2D eigenvalue weighted by Crippen LogP contribution is -2.35. The van der Waals surface area contributed by atoms with Crippen LogP contribution >= 0.6 is 0 Å². The summed E-state index contributed by atoms with van der Waals surface area (Å²) < 4.78 is 0. The Balaban J connectivity index is 2.28. The van der Waals surface area contributed by atoms with Gasteiger partial charge in [0.15, 0.2) is 0 Å². The van der Waals surface area contributed by atoms with Crippen LogP contribution in [0.15, 0.2) is 16.9 Å². The maximum atomic E-state index is 11.9. The summed E-state index contributed by atoms with van der Waals surface area (Å²) in [5, 5.41) is 4.72. The number of hydrogen-bond acceptors (Lipinski definition) is 2. The van der Waals surface area contributed by atoms with Gasteiger partial charge in [0, 0.05) is 22.2 Å². The zero-order valence-electron chi connectivity index (χ0n) is 12.0. The Kier molecular flexibility index (Phi) is 2.49. The second kappa shape index (κ2) is 3.86. The lowest BCUT2D eigenvalue weighted by molar-refractivity contribution is 0.502. The van der Waals surface area contributed by atoms with Gasteiger partial charge in [-0.2, -0.15) is 0 Å². The molecular formula is C16H20N2O. The van der Waals surface area contributed by atoms with Crippen LogP contribution in [-0.2, 0) is 6.42 Å². The standard InChI is InChI=1S/C16H20N2O/c1-9-10(2)15(19)17-14-8-13-11(7-12(9)14)5-6-16(3,4)18-13/h7-8,18H,5-6H2,1-4H3,(H,17,19). The molecule has 0 radical (unpaired) electrons. The molecule has 0 saturated carbocycles. The molecule has 19 heavy (non-hydrogen) atoms. The van der Waals surface area contributed by atoms with E-state index in [4.69, 9.17) is 0 Å². The van der Waals surface area contributed by atoms with Crippen LogP contribution in [0.1, 0.15) is 37.0 Å². The molecule has 1 aromatic carbocycles. The van der Waals surface area contributed by atoms with E-state index >= 15 is 0 Å². The van der Waals surface area contributed by atoms with Gasteiger partial charge in [0.1, 0.15) is 0 Å². The van der Waals surface area contributed by atoms with Gasteiger partial charge in [0.05, 0.1) is 5.52 Å². The molecule has 3 heteroatoms. The lowest BCUT2D eigenvalue weighted by atomic mass is 9.88. The van der Waals surface area contributed by atoms with Crippen LogP contribution in [0.25, 0.3) is 10.9 Å². The molecule has 3 nitrogen and oxygen atoms in total. The van der Waals surface area contributed by atoms with Gasteiger partial charge in [-0.1, -0.05) is 0 Å². The first-order valence-corrected chi connectivity index (χ1v) is 6.82. The largest absolute Gasteiger partial charge is 0.380 e. The van der Waals surface area contributed by atoms with Crippen molar-refractivity contribution in [1.29, 1.82) is 0 Å². The minimum Gasteiger partial charge on any atom is -0.380 e. The molecule has 0 fully saturated rings. The van der Waals surface area contributed by atoms with E-state index in [0.717, 1.165) is 40.6 Å². The van der Waals surface area contributed by atoms with Crippen molar-refractivity contribution in [3.05, 3.63) is 39.2 Å². The summed E-state index contributed by atoms with van der Waals surface area (Å²) in [5.41, 5.74) is 5.48. The summed E-state index contributed by atoms with van der Waals surface area (Å²) in [7, 11) is 0. The molecule has 0 aliphatic carbocycles. The normalized spacial score (nSPS) is 17.1. The fraction of sp³-hybridized carbons (Fsp3) is 0.438. The van der Waals surface area contributed by atoms with Gasteiger partial charge in [0.2, 0.25) is 0 Å². The van der Waals surface area contributed by atoms with Gasteiger partial charge in [0.25, 0.3) is 5.56 Å². The lowest BCUT2D eigenvalue weighted by Gasteiger charge is -2.34. The van der Waals surface area contributed by atoms with Crippen LogP contribution < -0.4 is 10.9 Å². The van der Waals surface area contributed by atoms with Gasteiger partial charge in [-0.3, -0.25) is 4.79 Å². The van der Waals surface area contributed by atoms with Crippen LogP contribution in [0.4, 0.5) is 5.69 Å². The van der Waals surface area contributed by atoms with E-state index in [1.54, 1.807) is 0 Å². The molecule has 100 valence electrons. The highest BCUT2D eigenvalue weighted by atomic mass is 16.1. The minimum atomic E-state index is 0.0139. The third-order valence-corrected chi connectivity index (χ3v) is 4.29. The number of rotatable bonds is 0. The Morgan fingerprint density at radius 1 is 1.16 bits per heavy atom. The number of H-pyrrole nitrogens is 1. The highest BCUT2D eigenvalue weighted by Gasteiger charge is 2.24. The maximum absolute atomic E-state index is 11.9. The predicted octanol–water partition coefficient (Wildman–Crippen LogP) is 3.28. The van der Waals surface area contributed by atoms with E-state index in [0.29, 0.717) is 0 Å². The second-order valence-electron chi connectivity index (χ2n) is 6.27. The highest BCUT2D eigenvalue weighted by molar-refractivity contribution is 5.87.